The van der Waals surface area contributed by atoms with Gasteiger partial charge in [0.25, 0.3) is 0 Å². The maximum atomic E-state index is 12.3. The summed E-state index contributed by atoms with van der Waals surface area (Å²) in [5, 5.41) is 0. The first-order valence-electron chi connectivity index (χ1n) is 11.3. The van der Waals surface area contributed by atoms with Crippen LogP contribution in [0.5, 0.6) is 0 Å². The largest absolute Gasteiger partial charge is 0.530 e. The van der Waals surface area contributed by atoms with E-state index in [0.717, 1.165) is 64.2 Å². The summed E-state index contributed by atoms with van der Waals surface area (Å²) in [5.41, 5.74) is 2.32. The Morgan fingerprint density at radius 1 is 0.679 bits per heavy atom. The maximum absolute atomic E-state index is 12.3. The van der Waals surface area contributed by atoms with Gasteiger partial charge in [-0.2, -0.15) is 0 Å². The van der Waals surface area contributed by atoms with E-state index in [9.17, 15) is 4.79 Å². The highest BCUT2D eigenvalue weighted by molar-refractivity contribution is 6.66. The summed E-state index contributed by atoms with van der Waals surface area (Å²) in [6.45, 7) is 12.4. The zero-order chi connectivity index (χ0) is 21.1. The highest BCUT2D eigenvalue weighted by Crippen LogP contribution is 2.18. The first-order valence-corrected chi connectivity index (χ1v) is 13.1. The van der Waals surface area contributed by atoms with E-state index < -0.39 is 8.80 Å². The Hall–Kier alpha value is -0.693. The molecule has 0 saturated carbocycles. The van der Waals surface area contributed by atoms with Gasteiger partial charge in [-0.1, -0.05) is 66.2 Å². The van der Waals surface area contributed by atoms with Crippen molar-refractivity contribution in [3.63, 3.8) is 0 Å². The lowest BCUT2D eigenvalue weighted by atomic mass is 10.3. The molecule has 6 heteroatoms. The van der Waals surface area contributed by atoms with Crippen LogP contribution >= 0.6 is 0 Å². The summed E-state index contributed by atoms with van der Waals surface area (Å²) >= 11 is 0. The Kier molecular flexibility index (Phi) is 17.9. The predicted molar refractivity (Wildman–Crippen MR) is 117 cm³/mol. The van der Waals surface area contributed by atoms with Gasteiger partial charge >= 0.3 is 14.8 Å². The molecular weight excluding hydrogens is 372 g/mol. The van der Waals surface area contributed by atoms with Crippen LogP contribution in [0.4, 0.5) is 0 Å². The number of esters is 1. The molecule has 0 fully saturated rings. The fourth-order valence-electron chi connectivity index (χ4n) is 2.58. The first-order chi connectivity index (χ1) is 13.5. The molecule has 5 nitrogen and oxygen atoms in total. The fourth-order valence-corrected chi connectivity index (χ4v) is 5.02. The molecule has 0 N–H and O–H groups in total. The van der Waals surface area contributed by atoms with E-state index in [0.29, 0.717) is 32.0 Å². The molecule has 0 aromatic heterocycles. The van der Waals surface area contributed by atoms with Crippen LogP contribution < -0.4 is 0 Å². The van der Waals surface area contributed by atoms with Gasteiger partial charge in [0.15, 0.2) is 0 Å². The van der Waals surface area contributed by atoms with Gasteiger partial charge in [0.05, 0.1) is 6.61 Å². The van der Waals surface area contributed by atoms with Gasteiger partial charge < -0.3 is 18.0 Å². The van der Waals surface area contributed by atoms with Gasteiger partial charge in [-0.3, -0.25) is 0 Å². The van der Waals surface area contributed by atoms with Crippen molar-refractivity contribution in [3.8, 4) is 0 Å². The number of rotatable bonds is 19. The quantitative estimate of drug-likeness (QED) is 0.112. The zero-order valence-electron chi connectivity index (χ0n) is 19.0. The Morgan fingerprint density at radius 2 is 1.11 bits per heavy atom. The maximum Gasteiger partial charge on any atom is 0.530 e. The summed E-state index contributed by atoms with van der Waals surface area (Å²) in [5.74, 6) is -0.315. The van der Waals surface area contributed by atoms with E-state index in [-0.39, 0.29) is 5.97 Å². The van der Waals surface area contributed by atoms with Gasteiger partial charge in [-0.15, -0.1) is 0 Å². The van der Waals surface area contributed by atoms with Crippen LogP contribution in [-0.2, 0) is 22.8 Å². The molecule has 0 bridgehead atoms. The molecule has 0 aliphatic heterocycles. The fraction of sp³-hybridized carbons (Fsp3) is 0.864. The van der Waals surface area contributed by atoms with Crippen molar-refractivity contribution in [1.29, 1.82) is 0 Å². The van der Waals surface area contributed by atoms with E-state index in [1.807, 2.05) is 6.92 Å². The summed E-state index contributed by atoms with van der Waals surface area (Å²) in [6, 6.07) is 0. The van der Waals surface area contributed by atoms with Crippen molar-refractivity contribution < 1.29 is 22.8 Å². The molecule has 0 rings (SSSR count). The summed E-state index contributed by atoms with van der Waals surface area (Å²) in [4.78, 5) is 12.3. The van der Waals surface area contributed by atoms with Crippen LogP contribution in [0.25, 0.3) is 0 Å². The molecule has 28 heavy (non-hydrogen) atoms. The van der Waals surface area contributed by atoms with Gasteiger partial charge in [-0.05, 0) is 38.3 Å². The third-order valence-corrected chi connectivity index (χ3v) is 6.91. The van der Waals surface area contributed by atoms with E-state index in [4.69, 9.17) is 18.0 Å². The molecule has 166 valence electrons. The number of ether oxygens (including phenoxy) is 1. The molecule has 0 aliphatic rings. The Labute approximate surface area is 174 Å². The van der Waals surface area contributed by atoms with Gasteiger partial charge in [0, 0.05) is 25.4 Å². The highest BCUT2D eigenvalue weighted by Gasteiger charge is 2.40. The normalized spacial score (nSPS) is 12.4. The van der Waals surface area contributed by atoms with Gasteiger partial charge in [0.2, 0.25) is 0 Å². The first kappa shape index (κ1) is 27.3. The second kappa shape index (κ2) is 18.3. The second-order valence-electron chi connectivity index (χ2n) is 7.23. The van der Waals surface area contributed by atoms with Gasteiger partial charge in [-0.25, -0.2) is 4.79 Å². The highest BCUT2D eigenvalue weighted by atomic mass is 28.4. The Bertz CT molecular complexity index is 380. The number of hydrogen-bond donors (Lipinski definition) is 0. The van der Waals surface area contributed by atoms with E-state index in [1.54, 1.807) is 12.6 Å². The lowest BCUT2D eigenvalue weighted by Crippen LogP contribution is -2.46. The summed E-state index contributed by atoms with van der Waals surface area (Å²) in [6.07, 6.45) is 10.4. The average molecular weight is 417 g/mol. The van der Waals surface area contributed by atoms with Crippen molar-refractivity contribution >= 4 is 14.8 Å². The minimum atomic E-state index is -3.07. The third-order valence-electron chi connectivity index (χ3n) is 4.31. The van der Waals surface area contributed by atoms with Crippen molar-refractivity contribution in [1.82, 2.24) is 0 Å². The van der Waals surface area contributed by atoms with Crippen molar-refractivity contribution in [2.45, 2.75) is 98.8 Å². The molecule has 0 aromatic carbocycles. The zero-order valence-corrected chi connectivity index (χ0v) is 20.0. The van der Waals surface area contributed by atoms with Crippen LogP contribution in [0.3, 0.4) is 0 Å². The summed E-state index contributed by atoms with van der Waals surface area (Å²) in [7, 11) is -3.07. The van der Waals surface area contributed by atoms with E-state index in [1.165, 1.54) is 0 Å². The smallest absolute Gasteiger partial charge is 0.462 e. The molecule has 0 radical (unpaired) electrons. The lowest BCUT2D eigenvalue weighted by Gasteiger charge is -2.28. The predicted octanol–water partition coefficient (Wildman–Crippen LogP) is 5.98. The van der Waals surface area contributed by atoms with Crippen molar-refractivity contribution in [2.75, 3.05) is 26.4 Å². The molecule has 0 heterocycles. The standard InChI is InChI=1S/C22H44O5Si/c1-6-10-13-17-25-28(26-18-14-11-7-2,27-19-15-12-8-3)20-21(5)22(23)24-16-9-4/h20H,6-19H2,1-5H3. The number of unbranched alkanes of at least 4 members (excludes halogenated alkanes) is 6. The Morgan fingerprint density at radius 3 is 1.46 bits per heavy atom. The molecule has 0 unspecified atom stereocenters. The number of carbonyl (C=O) groups excluding carboxylic acids is 1. The van der Waals surface area contributed by atoms with E-state index in [2.05, 4.69) is 20.8 Å². The van der Waals surface area contributed by atoms with Crippen LogP contribution in [0.2, 0.25) is 0 Å². The van der Waals surface area contributed by atoms with Crippen molar-refractivity contribution in [2.24, 2.45) is 0 Å². The molecular formula is C22H44O5Si. The molecule has 0 saturated heterocycles. The topological polar surface area (TPSA) is 54.0 Å². The van der Waals surface area contributed by atoms with Crippen LogP contribution in [-0.4, -0.2) is 41.2 Å². The van der Waals surface area contributed by atoms with Gasteiger partial charge in [0.1, 0.15) is 0 Å². The molecule has 0 aliphatic carbocycles. The average Bonchev–Trinajstić information content (AvgIpc) is 2.70. The van der Waals surface area contributed by atoms with E-state index >= 15 is 0 Å². The third kappa shape index (κ3) is 13.5. The monoisotopic (exact) mass is 416 g/mol. The van der Waals surface area contributed by atoms with Crippen LogP contribution in [0.1, 0.15) is 98.8 Å². The molecule has 0 amide bonds. The summed E-state index contributed by atoms with van der Waals surface area (Å²) < 4.78 is 24.0. The SMILES string of the molecule is CCCCCO[Si](C=C(C)C(=O)OCCC)(OCCCCC)OCCCCC. The molecule has 0 aromatic rings. The second-order valence-corrected chi connectivity index (χ2v) is 9.60. The Balaban J connectivity index is 5.27. The minimum absolute atomic E-state index is 0.315. The van der Waals surface area contributed by atoms with Crippen LogP contribution in [0.15, 0.2) is 11.3 Å². The van der Waals surface area contributed by atoms with Crippen LogP contribution in [0, 0.1) is 0 Å². The molecule has 0 spiro atoms. The lowest BCUT2D eigenvalue weighted by molar-refractivity contribution is -0.139. The molecule has 0 atom stereocenters. The number of carbonyl (C=O) groups is 1. The van der Waals surface area contributed by atoms with Crippen molar-refractivity contribution in [3.05, 3.63) is 11.3 Å². The minimum Gasteiger partial charge on any atom is -0.462 e. The number of hydrogen-bond acceptors (Lipinski definition) is 5.